The van der Waals surface area contributed by atoms with Crippen molar-refractivity contribution in [2.75, 3.05) is 16.3 Å². The number of carbonyl (C=O) groups is 1. The molecular weight excluding hydrogens is 464 g/mol. The number of nitrogens with zero attached hydrogens (tertiary/aromatic N) is 4. The van der Waals surface area contributed by atoms with E-state index < -0.39 is 0 Å². The van der Waals surface area contributed by atoms with Crippen LogP contribution in [0, 0.1) is 6.92 Å². The van der Waals surface area contributed by atoms with Gasteiger partial charge < -0.3 is 4.90 Å². The van der Waals surface area contributed by atoms with Crippen molar-refractivity contribution in [1.29, 1.82) is 0 Å². The zero-order chi connectivity index (χ0) is 23.4. The third kappa shape index (κ3) is 5.00. The second kappa shape index (κ2) is 10.8. The summed E-state index contributed by atoms with van der Waals surface area (Å²) in [4.78, 5) is 27.1. The summed E-state index contributed by atoms with van der Waals surface area (Å²) >= 11 is 3.77. The molecule has 2 heterocycles. The van der Waals surface area contributed by atoms with Gasteiger partial charge in [-0.3, -0.25) is 9.69 Å². The van der Waals surface area contributed by atoms with Gasteiger partial charge in [-0.25, -0.2) is 4.98 Å². The summed E-state index contributed by atoms with van der Waals surface area (Å²) in [6.45, 7) is 13.7. The van der Waals surface area contributed by atoms with E-state index in [1.807, 2.05) is 4.90 Å². The Morgan fingerprint density at radius 1 is 1.09 bits per heavy atom. The Morgan fingerprint density at radius 3 is 2.34 bits per heavy atom. The van der Waals surface area contributed by atoms with Crippen molar-refractivity contribution in [3.63, 3.8) is 0 Å². The number of hydrogen-bond acceptors (Lipinski definition) is 4. The van der Waals surface area contributed by atoms with Crippen LogP contribution in [0.15, 0.2) is 22.7 Å². The highest BCUT2D eigenvalue weighted by Gasteiger charge is 2.33. The van der Waals surface area contributed by atoms with E-state index in [0.717, 1.165) is 65.9 Å². The van der Waals surface area contributed by atoms with E-state index in [2.05, 4.69) is 80.6 Å². The standard InChI is InChI=1S/C26H37BrN4O/c1-7-10-20(11-8-2)31-24(32)15-13-21-18(6)28-26(29-25(21)31)30(9-3)23-14-12-19(17(4)5)16-22(23)27/h12,14,16-17,20H,7-11,13,15H2,1-6H3. The number of hydrogen-bond donors (Lipinski definition) is 0. The summed E-state index contributed by atoms with van der Waals surface area (Å²) in [6, 6.07) is 6.70. The summed E-state index contributed by atoms with van der Waals surface area (Å²) in [7, 11) is 0. The van der Waals surface area contributed by atoms with Crippen molar-refractivity contribution in [1.82, 2.24) is 9.97 Å². The summed E-state index contributed by atoms with van der Waals surface area (Å²) in [5.41, 5.74) is 4.43. The first-order chi connectivity index (χ1) is 15.3. The lowest BCUT2D eigenvalue weighted by atomic mass is 9.98. The van der Waals surface area contributed by atoms with Crippen molar-refractivity contribution >= 4 is 39.3 Å². The van der Waals surface area contributed by atoms with Gasteiger partial charge in [0.15, 0.2) is 0 Å². The molecule has 0 unspecified atom stereocenters. The van der Waals surface area contributed by atoms with Crippen molar-refractivity contribution in [2.24, 2.45) is 0 Å². The van der Waals surface area contributed by atoms with Crippen LogP contribution in [0.2, 0.25) is 0 Å². The lowest BCUT2D eigenvalue weighted by Crippen LogP contribution is -2.44. The largest absolute Gasteiger partial charge is 0.310 e. The monoisotopic (exact) mass is 500 g/mol. The molecule has 0 atom stereocenters. The van der Waals surface area contributed by atoms with Gasteiger partial charge in [-0.05, 0) is 72.7 Å². The first-order valence-electron chi connectivity index (χ1n) is 12.1. The van der Waals surface area contributed by atoms with Crippen molar-refractivity contribution in [3.05, 3.63) is 39.5 Å². The Kier molecular flexibility index (Phi) is 8.32. The van der Waals surface area contributed by atoms with E-state index in [9.17, 15) is 4.79 Å². The molecule has 3 rings (SSSR count). The molecule has 0 N–H and O–H groups in total. The van der Waals surface area contributed by atoms with E-state index in [4.69, 9.17) is 9.97 Å². The molecule has 0 fully saturated rings. The number of aromatic nitrogens is 2. The van der Waals surface area contributed by atoms with Gasteiger partial charge in [0, 0.05) is 34.7 Å². The third-order valence-corrected chi connectivity index (χ3v) is 7.00. The highest BCUT2D eigenvalue weighted by atomic mass is 79.9. The zero-order valence-corrected chi connectivity index (χ0v) is 22.0. The van der Waals surface area contributed by atoms with Gasteiger partial charge >= 0.3 is 0 Å². The summed E-state index contributed by atoms with van der Waals surface area (Å²) in [5.74, 6) is 2.14. The van der Waals surface area contributed by atoms with E-state index >= 15 is 0 Å². The molecule has 2 aromatic rings. The normalized spacial score (nSPS) is 13.8. The molecule has 0 bridgehead atoms. The Balaban J connectivity index is 2.09. The lowest BCUT2D eigenvalue weighted by Gasteiger charge is -2.36. The Bertz CT molecular complexity index is 953. The zero-order valence-electron chi connectivity index (χ0n) is 20.4. The Morgan fingerprint density at radius 2 is 1.78 bits per heavy atom. The number of benzene rings is 1. The highest BCUT2D eigenvalue weighted by molar-refractivity contribution is 9.10. The molecule has 0 saturated heterocycles. The number of carbonyl (C=O) groups excluding carboxylic acids is 1. The van der Waals surface area contributed by atoms with Gasteiger partial charge in [0.05, 0.1) is 5.69 Å². The van der Waals surface area contributed by atoms with Gasteiger partial charge in [-0.1, -0.05) is 46.6 Å². The molecular formula is C26H37BrN4O. The van der Waals surface area contributed by atoms with Gasteiger partial charge in [0.25, 0.3) is 0 Å². The Labute approximate surface area is 201 Å². The summed E-state index contributed by atoms with van der Waals surface area (Å²) in [5, 5.41) is 0. The lowest BCUT2D eigenvalue weighted by molar-refractivity contribution is -0.119. The maximum Gasteiger partial charge on any atom is 0.232 e. The minimum atomic E-state index is 0.193. The molecule has 0 radical (unpaired) electrons. The van der Waals surface area contributed by atoms with Crippen LogP contribution in [0.5, 0.6) is 0 Å². The summed E-state index contributed by atoms with van der Waals surface area (Å²) in [6.07, 6.45) is 5.36. The van der Waals surface area contributed by atoms with Crippen LogP contribution in [-0.4, -0.2) is 28.5 Å². The molecule has 1 aliphatic rings. The van der Waals surface area contributed by atoms with Gasteiger partial charge in [0.2, 0.25) is 11.9 Å². The van der Waals surface area contributed by atoms with Crippen LogP contribution in [-0.2, 0) is 11.2 Å². The smallest absolute Gasteiger partial charge is 0.232 e. The Hall–Kier alpha value is -1.95. The minimum Gasteiger partial charge on any atom is -0.310 e. The molecule has 32 heavy (non-hydrogen) atoms. The van der Waals surface area contributed by atoms with Crippen LogP contribution in [0.3, 0.4) is 0 Å². The van der Waals surface area contributed by atoms with Gasteiger partial charge in [-0.2, -0.15) is 4.98 Å². The van der Waals surface area contributed by atoms with E-state index in [1.54, 1.807) is 0 Å². The first-order valence-corrected chi connectivity index (χ1v) is 12.9. The number of aryl methyl sites for hydroxylation is 1. The van der Waals surface area contributed by atoms with Crippen LogP contribution >= 0.6 is 15.9 Å². The van der Waals surface area contributed by atoms with E-state index in [0.29, 0.717) is 18.3 Å². The summed E-state index contributed by atoms with van der Waals surface area (Å²) < 4.78 is 1.03. The minimum absolute atomic E-state index is 0.193. The predicted octanol–water partition coefficient (Wildman–Crippen LogP) is 7.08. The number of fused-ring (bicyclic) bond motifs is 1. The van der Waals surface area contributed by atoms with Crippen LogP contribution in [0.4, 0.5) is 17.5 Å². The number of anilines is 3. The number of rotatable bonds is 9. The fraction of sp³-hybridized carbons (Fsp3) is 0.577. The fourth-order valence-electron chi connectivity index (χ4n) is 4.62. The first kappa shape index (κ1) is 24.7. The van der Waals surface area contributed by atoms with E-state index in [-0.39, 0.29) is 11.9 Å². The van der Waals surface area contributed by atoms with Gasteiger partial charge in [0.1, 0.15) is 5.82 Å². The average molecular weight is 502 g/mol. The number of halogens is 1. The molecule has 6 heteroatoms. The van der Waals surface area contributed by atoms with E-state index in [1.165, 1.54) is 5.56 Å². The maximum atomic E-state index is 13.1. The average Bonchev–Trinajstić information content (AvgIpc) is 2.75. The maximum absolute atomic E-state index is 13.1. The topological polar surface area (TPSA) is 49.3 Å². The van der Waals surface area contributed by atoms with Crippen molar-refractivity contribution < 1.29 is 4.79 Å². The van der Waals surface area contributed by atoms with Crippen molar-refractivity contribution in [2.45, 2.75) is 92.0 Å². The predicted molar refractivity (Wildman–Crippen MR) is 137 cm³/mol. The molecule has 1 amide bonds. The second-order valence-corrected chi connectivity index (χ2v) is 9.87. The van der Waals surface area contributed by atoms with Crippen molar-refractivity contribution in [3.8, 4) is 0 Å². The molecule has 1 aromatic heterocycles. The molecule has 1 aromatic carbocycles. The molecule has 0 aliphatic carbocycles. The second-order valence-electron chi connectivity index (χ2n) is 9.02. The fourth-order valence-corrected chi connectivity index (χ4v) is 5.23. The molecule has 0 spiro atoms. The molecule has 1 aliphatic heterocycles. The van der Waals surface area contributed by atoms with Crippen LogP contribution in [0.1, 0.15) is 89.5 Å². The molecule has 174 valence electrons. The quantitative estimate of drug-likeness (QED) is 0.369. The molecule has 0 saturated carbocycles. The highest BCUT2D eigenvalue weighted by Crippen LogP contribution is 2.37. The van der Waals surface area contributed by atoms with Gasteiger partial charge in [-0.15, -0.1) is 0 Å². The third-order valence-electron chi connectivity index (χ3n) is 6.36. The SMILES string of the molecule is CCCC(CCC)N1C(=O)CCc2c(C)nc(N(CC)c3ccc(C(C)C)cc3Br)nc21. The number of amides is 1. The van der Waals surface area contributed by atoms with Crippen LogP contribution < -0.4 is 9.80 Å². The molecule has 5 nitrogen and oxygen atoms in total. The van der Waals surface area contributed by atoms with Crippen LogP contribution in [0.25, 0.3) is 0 Å².